The molecule has 4 nitrogen and oxygen atoms in total. The predicted octanol–water partition coefficient (Wildman–Crippen LogP) is 2.37. The number of ether oxygens (including phenoxy) is 1. The molecule has 0 saturated heterocycles. The quantitative estimate of drug-likeness (QED) is 0.897. The summed E-state index contributed by atoms with van der Waals surface area (Å²) in [7, 11) is 1.94. The number of nitrogens with two attached hydrogens (primary N) is 1. The lowest BCUT2D eigenvalue weighted by Crippen LogP contribution is -2.11. The highest BCUT2D eigenvalue weighted by atomic mass is 16.5. The lowest BCUT2D eigenvalue weighted by molar-refractivity contribution is 0.313. The summed E-state index contributed by atoms with van der Waals surface area (Å²) in [5, 5.41) is 4.14. The third kappa shape index (κ3) is 3.35. The summed E-state index contributed by atoms with van der Waals surface area (Å²) in [6.07, 6.45) is 2.64. The summed E-state index contributed by atoms with van der Waals surface area (Å²) in [4.78, 5) is 0. The van der Waals surface area contributed by atoms with Crippen molar-refractivity contribution in [2.75, 3.05) is 6.61 Å². The molecule has 0 aliphatic carbocycles. The molecule has 1 aromatic carbocycles. The standard InChI is InChI=1S/C15H21N3O/c1-11-4-5-15(14(10-11)12(2)16)19-9-7-13-6-8-17-18(13)3/h4-6,8,10,12H,7,9,16H2,1-3H3/t12-/m1/s1. The third-order valence-electron chi connectivity index (χ3n) is 3.19. The molecule has 0 aliphatic rings. The van der Waals surface area contributed by atoms with Crippen LogP contribution in [-0.4, -0.2) is 16.4 Å². The smallest absolute Gasteiger partial charge is 0.124 e. The van der Waals surface area contributed by atoms with Gasteiger partial charge in [0.25, 0.3) is 0 Å². The fraction of sp³-hybridized carbons (Fsp3) is 0.400. The Labute approximate surface area is 114 Å². The molecule has 0 fully saturated rings. The van der Waals surface area contributed by atoms with Gasteiger partial charge in [-0.25, -0.2) is 0 Å². The van der Waals surface area contributed by atoms with Crippen molar-refractivity contribution in [3.05, 3.63) is 47.3 Å². The van der Waals surface area contributed by atoms with Gasteiger partial charge in [-0.3, -0.25) is 4.68 Å². The van der Waals surface area contributed by atoms with Crippen molar-refractivity contribution in [2.24, 2.45) is 12.8 Å². The van der Waals surface area contributed by atoms with E-state index in [0.717, 1.165) is 23.4 Å². The first-order valence-corrected chi connectivity index (χ1v) is 6.53. The van der Waals surface area contributed by atoms with E-state index in [1.54, 1.807) is 6.20 Å². The van der Waals surface area contributed by atoms with Crippen molar-refractivity contribution in [3.63, 3.8) is 0 Å². The van der Waals surface area contributed by atoms with E-state index < -0.39 is 0 Å². The highest BCUT2D eigenvalue weighted by Gasteiger charge is 2.08. The zero-order valence-electron chi connectivity index (χ0n) is 11.8. The van der Waals surface area contributed by atoms with Crippen LogP contribution >= 0.6 is 0 Å². The van der Waals surface area contributed by atoms with Crippen LogP contribution in [0.1, 0.15) is 29.8 Å². The molecule has 0 radical (unpaired) electrons. The zero-order valence-corrected chi connectivity index (χ0v) is 11.8. The lowest BCUT2D eigenvalue weighted by Gasteiger charge is -2.15. The Morgan fingerprint density at radius 1 is 1.37 bits per heavy atom. The Morgan fingerprint density at radius 2 is 2.16 bits per heavy atom. The molecule has 0 spiro atoms. The molecule has 4 heteroatoms. The highest BCUT2D eigenvalue weighted by molar-refractivity contribution is 5.38. The van der Waals surface area contributed by atoms with E-state index in [0.29, 0.717) is 6.61 Å². The molecule has 1 heterocycles. The van der Waals surface area contributed by atoms with Crippen LogP contribution in [0.5, 0.6) is 5.75 Å². The van der Waals surface area contributed by atoms with Gasteiger partial charge in [0.1, 0.15) is 5.75 Å². The van der Waals surface area contributed by atoms with Gasteiger partial charge >= 0.3 is 0 Å². The molecule has 0 unspecified atom stereocenters. The van der Waals surface area contributed by atoms with Gasteiger partial charge in [0, 0.05) is 37.0 Å². The Hall–Kier alpha value is -1.81. The normalized spacial score (nSPS) is 12.4. The molecule has 102 valence electrons. The summed E-state index contributed by atoms with van der Waals surface area (Å²) in [5.41, 5.74) is 9.40. The minimum absolute atomic E-state index is 0.0217. The topological polar surface area (TPSA) is 53.1 Å². The van der Waals surface area contributed by atoms with Crippen molar-refractivity contribution in [1.29, 1.82) is 0 Å². The second kappa shape index (κ2) is 5.89. The molecule has 2 aromatic rings. The number of rotatable bonds is 5. The Bertz CT molecular complexity index is 546. The molecule has 0 amide bonds. The van der Waals surface area contributed by atoms with E-state index in [1.165, 1.54) is 5.56 Å². The summed E-state index contributed by atoms with van der Waals surface area (Å²) < 4.78 is 7.73. The van der Waals surface area contributed by atoms with Gasteiger partial charge in [-0.1, -0.05) is 17.7 Å². The summed E-state index contributed by atoms with van der Waals surface area (Å²) in [6.45, 7) is 4.66. The number of aromatic nitrogens is 2. The van der Waals surface area contributed by atoms with E-state index in [4.69, 9.17) is 10.5 Å². The van der Waals surface area contributed by atoms with Gasteiger partial charge in [-0.05, 0) is 26.0 Å². The Balaban J connectivity index is 2.01. The average Bonchev–Trinajstić information content (AvgIpc) is 2.77. The van der Waals surface area contributed by atoms with Crippen LogP contribution in [-0.2, 0) is 13.5 Å². The summed E-state index contributed by atoms with van der Waals surface area (Å²) in [5.74, 6) is 0.878. The van der Waals surface area contributed by atoms with E-state index in [2.05, 4.69) is 18.1 Å². The van der Waals surface area contributed by atoms with Gasteiger partial charge in [0.05, 0.1) is 6.61 Å². The van der Waals surface area contributed by atoms with Crippen LogP contribution in [0.3, 0.4) is 0 Å². The van der Waals surface area contributed by atoms with E-state index in [-0.39, 0.29) is 6.04 Å². The van der Waals surface area contributed by atoms with E-state index in [1.807, 2.05) is 36.9 Å². The number of aryl methyl sites for hydroxylation is 2. The van der Waals surface area contributed by atoms with Crippen LogP contribution in [0.25, 0.3) is 0 Å². The first-order chi connectivity index (χ1) is 9.08. The molecular weight excluding hydrogens is 238 g/mol. The summed E-state index contributed by atoms with van der Waals surface area (Å²) >= 11 is 0. The first-order valence-electron chi connectivity index (χ1n) is 6.53. The van der Waals surface area contributed by atoms with Gasteiger partial charge < -0.3 is 10.5 Å². The molecule has 0 bridgehead atoms. The van der Waals surface area contributed by atoms with Crippen LogP contribution < -0.4 is 10.5 Å². The zero-order chi connectivity index (χ0) is 13.8. The maximum Gasteiger partial charge on any atom is 0.124 e. The van der Waals surface area contributed by atoms with E-state index >= 15 is 0 Å². The minimum atomic E-state index is -0.0217. The molecule has 19 heavy (non-hydrogen) atoms. The molecule has 0 aliphatic heterocycles. The molecule has 2 N–H and O–H groups in total. The van der Waals surface area contributed by atoms with Crippen molar-refractivity contribution >= 4 is 0 Å². The van der Waals surface area contributed by atoms with Crippen molar-refractivity contribution in [3.8, 4) is 5.75 Å². The minimum Gasteiger partial charge on any atom is -0.493 e. The van der Waals surface area contributed by atoms with Gasteiger partial charge in [0.15, 0.2) is 0 Å². The Kier molecular flexibility index (Phi) is 4.22. The van der Waals surface area contributed by atoms with E-state index in [9.17, 15) is 0 Å². The van der Waals surface area contributed by atoms with Crippen molar-refractivity contribution in [2.45, 2.75) is 26.3 Å². The fourth-order valence-corrected chi connectivity index (χ4v) is 2.07. The van der Waals surface area contributed by atoms with Gasteiger partial charge in [-0.15, -0.1) is 0 Å². The number of hydrogen-bond donors (Lipinski definition) is 1. The SMILES string of the molecule is Cc1ccc(OCCc2ccnn2C)c([C@@H](C)N)c1. The second-order valence-electron chi connectivity index (χ2n) is 4.87. The maximum absolute atomic E-state index is 5.98. The van der Waals surface area contributed by atoms with Crippen LogP contribution in [0.2, 0.25) is 0 Å². The molecule has 1 atom stereocenters. The summed E-state index contributed by atoms with van der Waals surface area (Å²) in [6, 6.07) is 8.11. The van der Waals surface area contributed by atoms with Crippen molar-refractivity contribution < 1.29 is 4.74 Å². The second-order valence-corrected chi connectivity index (χ2v) is 4.87. The van der Waals surface area contributed by atoms with Gasteiger partial charge in [0.2, 0.25) is 0 Å². The molecule has 1 aromatic heterocycles. The molecule has 0 saturated carbocycles. The predicted molar refractivity (Wildman–Crippen MR) is 76.2 cm³/mol. The van der Waals surface area contributed by atoms with Crippen molar-refractivity contribution in [1.82, 2.24) is 9.78 Å². The molecular formula is C15H21N3O. The highest BCUT2D eigenvalue weighted by Crippen LogP contribution is 2.25. The lowest BCUT2D eigenvalue weighted by atomic mass is 10.1. The maximum atomic E-state index is 5.98. The first kappa shape index (κ1) is 13.6. The van der Waals surface area contributed by atoms with Gasteiger partial charge in [-0.2, -0.15) is 5.10 Å². The Morgan fingerprint density at radius 3 is 2.79 bits per heavy atom. The fourth-order valence-electron chi connectivity index (χ4n) is 2.07. The van der Waals surface area contributed by atoms with Crippen LogP contribution in [0, 0.1) is 6.92 Å². The average molecular weight is 259 g/mol. The largest absolute Gasteiger partial charge is 0.493 e. The number of nitrogens with zero attached hydrogens (tertiary/aromatic N) is 2. The number of hydrogen-bond acceptors (Lipinski definition) is 3. The van der Waals surface area contributed by atoms with Crippen LogP contribution in [0.4, 0.5) is 0 Å². The molecule has 2 rings (SSSR count). The monoisotopic (exact) mass is 259 g/mol. The number of benzene rings is 1. The third-order valence-corrected chi connectivity index (χ3v) is 3.19. The van der Waals surface area contributed by atoms with Crippen LogP contribution in [0.15, 0.2) is 30.5 Å².